The molecule has 1 amide bonds. The second-order valence-corrected chi connectivity index (χ2v) is 7.75. The lowest BCUT2D eigenvalue weighted by Crippen LogP contribution is -2.36. The van der Waals surface area contributed by atoms with Crippen LogP contribution < -0.4 is 11.0 Å². The van der Waals surface area contributed by atoms with Gasteiger partial charge in [-0.1, -0.05) is 13.3 Å². The van der Waals surface area contributed by atoms with Crippen molar-refractivity contribution in [1.82, 2.24) is 19.4 Å². The quantitative estimate of drug-likeness (QED) is 0.683. The molecule has 0 saturated heterocycles. The highest BCUT2D eigenvalue weighted by Gasteiger charge is 2.14. The highest BCUT2D eigenvalue weighted by atomic mass is 79.9. The van der Waals surface area contributed by atoms with E-state index < -0.39 is 0 Å². The van der Waals surface area contributed by atoms with Gasteiger partial charge in [0.2, 0.25) is 0 Å². The molecule has 3 aromatic heterocycles. The maximum absolute atomic E-state index is 12.7. The Hall–Kier alpha value is -2.00. The maximum Gasteiger partial charge on any atom is 0.281 e. The number of rotatable bonds is 5. The van der Waals surface area contributed by atoms with Gasteiger partial charge in [-0.25, -0.2) is 9.66 Å². The van der Waals surface area contributed by atoms with Crippen LogP contribution in [-0.2, 0) is 17.8 Å². The van der Waals surface area contributed by atoms with E-state index in [0.29, 0.717) is 16.0 Å². The number of thiophene rings is 1. The Morgan fingerprint density at radius 2 is 2.16 bits per heavy atom. The van der Waals surface area contributed by atoms with Crippen LogP contribution in [0.25, 0.3) is 10.2 Å². The Bertz CT molecular complexity index is 985. The number of carbonyl (C=O) groups is 1. The molecule has 0 radical (unpaired) electrons. The Morgan fingerprint density at radius 1 is 1.40 bits per heavy atom. The van der Waals surface area contributed by atoms with Crippen LogP contribution in [-0.4, -0.2) is 25.3 Å². The van der Waals surface area contributed by atoms with Crippen molar-refractivity contribution in [2.75, 3.05) is 5.43 Å². The molecule has 3 aromatic rings. The normalized spacial score (nSPS) is 11.2. The first kappa shape index (κ1) is 17.8. The van der Waals surface area contributed by atoms with Crippen molar-refractivity contribution in [2.24, 2.45) is 0 Å². The summed E-state index contributed by atoms with van der Waals surface area (Å²) in [5.74, 6) is 0.110. The van der Waals surface area contributed by atoms with Gasteiger partial charge in [-0.15, -0.1) is 11.3 Å². The largest absolute Gasteiger partial charge is 0.281 e. The van der Waals surface area contributed by atoms with Crippen molar-refractivity contribution in [3.8, 4) is 0 Å². The van der Waals surface area contributed by atoms with E-state index in [1.807, 2.05) is 13.0 Å². The summed E-state index contributed by atoms with van der Waals surface area (Å²) >= 11 is 4.89. The van der Waals surface area contributed by atoms with Crippen LogP contribution in [0.4, 0.5) is 0 Å². The summed E-state index contributed by atoms with van der Waals surface area (Å²) in [5, 5.41) is 4.76. The van der Waals surface area contributed by atoms with Crippen molar-refractivity contribution < 1.29 is 4.79 Å². The highest BCUT2D eigenvalue weighted by molar-refractivity contribution is 9.10. The van der Waals surface area contributed by atoms with Gasteiger partial charge in [-0.05, 0) is 42.3 Å². The number of nitrogens with one attached hydrogen (secondary N) is 1. The molecular formula is C16H18BrN5O2S. The summed E-state index contributed by atoms with van der Waals surface area (Å²) in [7, 11) is 0. The number of nitrogens with zero attached hydrogens (tertiary/aromatic N) is 4. The first-order valence-corrected chi connectivity index (χ1v) is 9.51. The molecule has 0 aliphatic rings. The number of fused-ring (bicyclic) bond motifs is 1. The fourth-order valence-corrected chi connectivity index (χ4v) is 4.00. The molecular weight excluding hydrogens is 406 g/mol. The lowest BCUT2D eigenvalue weighted by Gasteiger charge is -2.10. The Morgan fingerprint density at radius 3 is 2.80 bits per heavy atom. The SMILES string of the molecule is CCCc1cc2c(=O)n(NC(=O)Cn3cc(Br)c(C)n3)c(C)nc2s1. The van der Waals surface area contributed by atoms with Crippen molar-refractivity contribution in [3.63, 3.8) is 0 Å². The molecule has 0 saturated carbocycles. The molecule has 25 heavy (non-hydrogen) atoms. The first-order chi connectivity index (χ1) is 11.9. The van der Waals surface area contributed by atoms with Gasteiger partial charge < -0.3 is 0 Å². The molecule has 0 unspecified atom stereocenters. The van der Waals surface area contributed by atoms with E-state index >= 15 is 0 Å². The summed E-state index contributed by atoms with van der Waals surface area (Å²) in [6, 6.07) is 1.87. The Kier molecular flexibility index (Phi) is 5.05. The van der Waals surface area contributed by atoms with Crippen molar-refractivity contribution in [2.45, 2.75) is 40.2 Å². The molecule has 1 N–H and O–H groups in total. The highest BCUT2D eigenvalue weighted by Crippen LogP contribution is 2.22. The zero-order valence-electron chi connectivity index (χ0n) is 14.2. The molecule has 0 aliphatic heterocycles. The number of carbonyl (C=O) groups excluding carboxylic acids is 1. The number of hydrogen-bond donors (Lipinski definition) is 1. The van der Waals surface area contributed by atoms with E-state index in [9.17, 15) is 9.59 Å². The van der Waals surface area contributed by atoms with Crippen molar-refractivity contribution in [1.29, 1.82) is 0 Å². The minimum atomic E-state index is -0.342. The standard InChI is InChI=1S/C16H18BrN5O2S/c1-4-5-11-6-12-15(25-11)18-10(3)22(16(12)24)20-14(23)8-21-7-13(17)9(2)19-21/h6-7H,4-5,8H2,1-3H3,(H,20,23). The van der Waals surface area contributed by atoms with Crippen LogP contribution in [0, 0.1) is 13.8 Å². The van der Waals surface area contributed by atoms with E-state index in [1.54, 1.807) is 13.1 Å². The van der Waals surface area contributed by atoms with Gasteiger partial charge in [-0.3, -0.25) is 19.7 Å². The third-order valence-corrected chi connectivity index (χ3v) is 5.58. The molecule has 0 atom stereocenters. The molecule has 9 heteroatoms. The van der Waals surface area contributed by atoms with Crippen LogP contribution in [0.1, 0.15) is 29.7 Å². The number of aryl methyl sites for hydroxylation is 3. The molecule has 0 fully saturated rings. The van der Waals surface area contributed by atoms with E-state index in [-0.39, 0.29) is 18.0 Å². The molecule has 0 bridgehead atoms. The van der Waals surface area contributed by atoms with E-state index in [2.05, 4.69) is 38.4 Å². The van der Waals surface area contributed by atoms with E-state index in [1.165, 1.54) is 20.7 Å². The zero-order valence-corrected chi connectivity index (χ0v) is 16.6. The molecule has 0 spiro atoms. The molecule has 132 valence electrons. The van der Waals surface area contributed by atoms with Crippen LogP contribution in [0.15, 0.2) is 21.5 Å². The van der Waals surface area contributed by atoms with E-state index in [4.69, 9.17) is 0 Å². The summed E-state index contributed by atoms with van der Waals surface area (Å²) in [6.45, 7) is 5.66. The third-order valence-electron chi connectivity index (χ3n) is 3.71. The average molecular weight is 424 g/mol. The molecule has 0 aromatic carbocycles. The van der Waals surface area contributed by atoms with Crippen LogP contribution in [0.5, 0.6) is 0 Å². The minimum absolute atomic E-state index is 0.0150. The van der Waals surface area contributed by atoms with Gasteiger partial charge in [-0.2, -0.15) is 5.10 Å². The molecule has 3 rings (SSSR count). The van der Waals surface area contributed by atoms with Gasteiger partial charge >= 0.3 is 0 Å². The lowest BCUT2D eigenvalue weighted by molar-refractivity contribution is -0.117. The Labute approximate surface area is 156 Å². The second kappa shape index (κ2) is 7.09. The Balaban J connectivity index is 1.87. The van der Waals surface area contributed by atoms with Crippen LogP contribution >= 0.6 is 27.3 Å². The van der Waals surface area contributed by atoms with Crippen LogP contribution in [0.2, 0.25) is 0 Å². The number of aromatic nitrogens is 4. The minimum Gasteiger partial charge on any atom is -0.271 e. The van der Waals surface area contributed by atoms with Crippen molar-refractivity contribution in [3.05, 3.63) is 43.5 Å². The predicted octanol–water partition coefficient (Wildman–Crippen LogP) is 2.76. The van der Waals surface area contributed by atoms with Gasteiger partial charge in [0.05, 0.1) is 15.6 Å². The molecule has 3 heterocycles. The third kappa shape index (κ3) is 3.67. The fourth-order valence-electron chi connectivity index (χ4n) is 2.51. The zero-order chi connectivity index (χ0) is 18.1. The summed E-state index contributed by atoms with van der Waals surface area (Å²) < 4.78 is 3.56. The summed E-state index contributed by atoms with van der Waals surface area (Å²) in [6.07, 6.45) is 3.65. The number of halogens is 1. The van der Waals surface area contributed by atoms with Crippen molar-refractivity contribution >= 4 is 43.4 Å². The molecule has 0 aliphatic carbocycles. The summed E-state index contributed by atoms with van der Waals surface area (Å²) in [4.78, 5) is 31.3. The first-order valence-electron chi connectivity index (χ1n) is 7.90. The van der Waals surface area contributed by atoms with Gasteiger partial charge in [0, 0.05) is 11.1 Å². The fraction of sp³-hybridized carbons (Fsp3) is 0.375. The second-order valence-electron chi connectivity index (χ2n) is 5.78. The number of hydrogen-bond acceptors (Lipinski definition) is 5. The summed E-state index contributed by atoms with van der Waals surface area (Å²) in [5.41, 5.74) is 3.16. The van der Waals surface area contributed by atoms with E-state index in [0.717, 1.165) is 27.9 Å². The predicted molar refractivity (Wildman–Crippen MR) is 102 cm³/mol. The number of amides is 1. The topological polar surface area (TPSA) is 81.8 Å². The van der Waals surface area contributed by atoms with Crippen LogP contribution in [0.3, 0.4) is 0 Å². The molecule has 7 nitrogen and oxygen atoms in total. The smallest absolute Gasteiger partial charge is 0.271 e. The average Bonchev–Trinajstić information content (AvgIpc) is 3.07. The monoisotopic (exact) mass is 423 g/mol. The van der Waals surface area contributed by atoms with Gasteiger partial charge in [0.25, 0.3) is 11.5 Å². The van der Waals surface area contributed by atoms with Gasteiger partial charge in [0.15, 0.2) is 0 Å². The maximum atomic E-state index is 12.7. The lowest BCUT2D eigenvalue weighted by atomic mass is 10.2. The van der Waals surface area contributed by atoms with Gasteiger partial charge in [0.1, 0.15) is 17.2 Å².